The van der Waals surface area contributed by atoms with Crippen molar-refractivity contribution in [2.45, 2.75) is 33.2 Å². The number of hydrogen-bond acceptors (Lipinski definition) is 3. The van der Waals surface area contributed by atoms with Crippen LogP contribution in [0.1, 0.15) is 31.9 Å². The maximum atomic E-state index is 11.0. The van der Waals surface area contributed by atoms with Gasteiger partial charge in [0.25, 0.3) is 0 Å². The normalized spacial score (nSPS) is 10.8. The molecule has 1 aromatic rings. The Morgan fingerprint density at radius 2 is 2.06 bits per heavy atom. The summed E-state index contributed by atoms with van der Waals surface area (Å²) >= 11 is 0. The van der Waals surface area contributed by atoms with Gasteiger partial charge in [-0.15, -0.1) is 0 Å². The number of nitrogens with zero attached hydrogens (tertiary/aromatic N) is 2. The molecule has 0 aliphatic heterocycles. The fraction of sp³-hybridized carbons (Fsp3) is 0.429. The van der Waals surface area contributed by atoms with E-state index in [0.717, 1.165) is 5.56 Å². The van der Waals surface area contributed by atoms with E-state index in [9.17, 15) is 4.79 Å². The Balaban J connectivity index is 3.33. The lowest BCUT2D eigenvalue weighted by Crippen LogP contribution is -2.45. The van der Waals surface area contributed by atoms with Crippen molar-refractivity contribution in [2.75, 3.05) is 11.4 Å². The zero-order valence-corrected chi connectivity index (χ0v) is 11.2. The molecule has 0 saturated carbocycles. The van der Waals surface area contributed by atoms with E-state index >= 15 is 0 Å². The summed E-state index contributed by atoms with van der Waals surface area (Å²) in [5, 5.41) is 18.2. The summed E-state index contributed by atoms with van der Waals surface area (Å²) in [6.45, 7) is 7.59. The number of aryl methyl sites for hydroxylation is 1. The van der Waals surface area contributed by atoms with E-state index in [1.807, 2.05) is 39.8 Å². The lowest BCUT2D eigenvalue weighted by atomic mass is 10.0. The number of carboxylic acid groups (broad SMARTS) is 1. The number of carbonyl (C=O) groups is 1. The summed E-state index contributed by atoms with van der Waals surface area (Å²) in [5.41, 5.74) is 1.81. The van der Waals surface area contributed by atoms with Crippen LogP contribution in [0.5, 0.6) is 0 Å². The Bertz CT molecular complexity index is 495. The van der Waals surface area contributed by atoms with E-state index < -0.39 is 5.97 Å². The van der Waals surface area contributed by atoms with Crippen LogP contribution in [-0.4, -0.2) is 23.2 Å². The Morgan fingerprint density at radius 3 is 2.50 bits per heavy atom. The minimum atomic E-state index is -0.907. The zero-order valence-electron chi connectivity index (χ0n) is 11.2. The van der Waals surface area contributed by atoms with Crippen LogP contribution in [0.4, 0.5) is 5.69 Å². The van der Waals surface area contributed by atoms with Crippen molar-refractivity contribution in [1.82, 2.24) is 0 Å². The van der Waals surface area contributed by atoms with Gasteiger partial charge >= 0.3 is 5.97 Å². The largest absolute Gasteiger partial charge is 0.480 e. The van der Waals surface area contributed by atoms with Crippen molar-refractivity contribution in [3.63, 3.8) is 0 Å². The summed E-state index contributed by atoms with van der Waals surface area (Å²) in [7, 11) is 0. The molecule has 1 aromatic carbocycles. The van der Waals surface area contributed by atoms with Gasteiger partial charge in [-0.1, -0.05) is 6.07 Å². The van der Waals surface area contributed by atoms with Gasteiger partial charge < -0.3 is 10.0 Å². The molecule has 0 unspecified atom stereocenters. The Labute approximate surface area is 107 Å². The highest BCUT2D eigenvalue weighted by Gasteiger charge is 2.26. The van der Waals surface area contributed by atoms with Gasteiger partial charge in [0, 0.05) is 5.54 Å². The first kappa shape index (κ1) is 14.0. The molecule has 0 atom stereocenters. The molecular weight excluding hydrogens is 228 g/mol. The monoisotopic (exact) mass is 246 g/mol. The molecule has 1 rings (SSSR count). The molecule has 4 heteroatoms. The third kappa shape index (κ3) is 3.24. The van der Waals surface area contributed by atoms with Crippen LogP contribution >= 0.6 is 0 Å². The molecule has 0 saturated heterocycles. The van der Waals surface area contributed by atoms with Crippen LogP contribution in [0.2, 0.25) is 0 Å². The fourth-order valence-electron chi connectivity index (χ4n) is 1.78. The van der Waals surface area contributed by atoms with Crippen molar-refractivity contribution in [3.8, 4) is 6.07 Å². The van der Waals surface area contributed by atoms with Crippen LogP contribution in [0, 0.1) is 18.3 Å². The standard InChI is InChI=1S/C14H18N2O2/c1-10-5-6-11(8-15)12(7-10)16(9-13(17)18)14(2,3)4/h5-7H,9H2,1-4H3,(H,17,18). The molecule has 0 fully saturated rings. The third-order valence-electron chi connectivity index (χ3n) is 2.67. The maximum absolute atomic E-state index is 11.0. The number of hydrogen-bond donors (Lipinski definition) is 1. The maximum Gasteiger partial charge on any atom is 0.323 e. The van der Waals surface area contributed by atoms with Crippen LogP contribution in [0.25, 0.3) is 0 Å². The zero-order chi connectivity index (χ0) is 13.9. The van der Waals surface area contributed by atoms with E-state index in [2.05, 4.69) is 6.07 Å². The van der Waals surface area contributed by atoms with Crippen molar-refractivity contribution >= 4 is 11.7 Å². The molecule has 4 nitrogen and oxygen atoms in total. The van der Waals surface area contributed by atoms with Crippen LogP contribution in [0.3, 0.4) is 0 Å². The highest BCUT2D eigenvalue weighted by atomic mass is 16.4. The van der Waals surface area contributed by atoms with Crippen molar-refractivity contribution in [2.24, 2.45) is 0 Å². The van der Waals surface area contributed by atoms with E-state index in [-0.39, 0.29) is 12.1 Å². The summed E-state index contributed by atoms with van der Waals surface area (Å²) in [6, 6.07) is 7.55. The predicted octanol–water partition coefficient (Wildman–Crippen LogP) is 2.56. The van der Waals surface area contributed by atoms with Gasteiger partial charge in [0.15, 0.2) is 0 Å². The second-order valence-electron chi connectivity index (χ2n) is 5.28. The predicted molar refractivity (Wildman–Crippen MR) is 70.6 cm³/mol. The summed E-state index contributed by atoms with van der Waals surface area (Å²) in [5.74, 6) is -0.907. The molecule has 96 valence electrons. The molecule has 18 heavy (non-hydrogen) atoms. The number of carboxylic acids is 1. The third-order valence-corrected chi connectivity index (χ3v) is 2.67. The Hall–Kier alpha value is -2.02. The van der Waals surface area contributed by atoms with Crippen LogP contribution < -0.4 is 4.90 Å². The SMILES string of the molecule is Cc1ccc(C#N)c(N(CC(=O)O)C(C)(C)C)c1. The summed E-state index contributed by atoms with van der Waals surface area (Å²) < 4.78 is 0. The first-order valence-electron chi connectivity index (χ1n) is 5.76. The smallest absolute Gasteiger partial charge is 0.323 e. The molecule has 0 aliphatic carbocycles. The Kier molecular flexibility index (Phi) is 3.97. The van der Waals surface area contributed by atoms with Crippen LogP contribution in [-0.2, 0) is 4.79 Å². The fourth-order valence-corrected chi connectivity index (χ4v) is 1.78. The number of benzene rings is 1. The molecule has 0 spiro atoms. The number of rotatable bonds is 3. The lowest BCUT2D eigenvalue weighted by molar-refractivity contribution is -0.135. The van der Waals surface area contributed by atoms with E-state index in [0.29, 0.717) is 11.3 Å². The minimum absolute atomic E-state index is 0.123. The number of aliphatic carboxylic acids is 1. The molecule has 0 aliphatic rings. The highest BCUT2D eigenvalue weighted by molar-refractivity contribution is 5.76. The van der Waals surface area contributed by atoms with Gasteiger partial charge in [-0.25, -0.2) is 0 Å². The molecule has 1 N–H and O–H groups in total. The van der Waals surface area contributed by atoms with Gasteiger partial charge in [-0.3, -0.25) is 4.79 Å². The van der Waals surface area contributed by atoms with Crippen molar-refractivity contribution in [1.29, 1.82) is 5.26 Å². The Morgan fingerprint density at radius 1 is 1.44 bits per heavy atom. The van der Waals surface area contributed by atoms with Gasteiger partial charge in [0.1, 0.15) is 12.6 Å². The molecule has 0 amide bonds. The average Bonchev–Trinajstić information content (AvgIpc) is 2.24. The minimum Gasteiger partial charge on any atom is -0.480 e. The topological polar surface area (TPSA) is 64.3 Å². The lowest BCUT2D eigenvalue weighted by Gasteiger charge is -2.37. The van der Waals surface area contributed by atoms with E-state index in [1.165, 1.54) is 0 Å². The summed E-state index contributed by atoms with van der Waals surface area (Å²) in [6.07, 6.45) is 0. The van der Waals surface area contributed by atoms with Crippen molar-refractivity contribution in [3.05, 3.63) is 29.3 Å². The molecule has 0 radical (unpaired) electrons. The summed E-state index contributed by atoms with van der Waals surface area (Å²) in [4.78, 5) is 12.7. The second-order valence-corrected chi connectivity index (χ2v) is 5.28. The number of anilines is 1. The van der Waals surface area contributed by atoms with E-state index in [1.54, 1.807) is 11.0 Å². The second kappa shape index (κ2) is 5.09. The molecular formula is C14H18N2O2. The quantitative estimate of drug-likeness (QED) is 0.890. The van der Waals surface area contributed by atoms with Gasteiger partial charge in [0.2, 0.25) is 0 Å². The average molecular weight is 246 g/mol. The van der Waals surface area contributed by atoms with Gasteiger partial charge in [-0.05, 0) is 45.4 Å². The number of nitriles is 1. The molecule has 0 aromatic heterocycles. The molecule has 0 heterocycles. The molecule has 0 bridgehead atoms. The first-order valence-corrected chi connectivity index (χ1v) is 5.76. The van der Waals surface area contributed by atoms with E-state index in [4.69, 9.17) is 10.4 Å². The highest BCUT2D eigenvalue weighted by Crippen LogP contribution is 2.28. The van der Waals surface area contributed by atoms with Crippen LogP contribution in [0.15, 0.2) is 18.2 Å². The van der Waals surface area contributed by atoms with Crippen molar-refractivity contribution < 1.29 is 9.90 Å². The van der Waals surface area contributed by atoms with Gasteiger partial charge in [-0.2, -0.15) is 5.26 Å². The first-order chi connectivity index (χ1) is 8.25. The van der Waals surface area contributed by atoms with Gasteiger partial charge in [0.05, 0.1) is 11.3 Å².